The van der Waals surface area contributed by atoms with Crippen LogP contribution >= 0.6 is 11.6 Å². The van der Waals surface area contributed by atoms with E-state index < -0.39 is 17.6 Å². The van der Waals surface area contributed by atoms with Crippen molar-refractivity contribution in [1.82, 2.24) is 9.80 Å². The van der Waals surface area contributed by atoms with Crippen LogP contribution in [0.3, 0.4) is 0 Å². The highest BCUT2D eigenvalue weighted by Gasteiger charge is 2.41. The Morgan fingerprint density at radius 2 is 1.74 bits per heavy atom. The van der Waals surface area contributed by atoms with Crippen LogP contribution in [0.4, 0.5) is 29.3 Å². The number of piperidine rings is 1. The van der Waals surface area contributed by atoms with Crippen LogP contribution in [0.5, 0.6) is 0 Å². The Labute approximate surface area is 199 Å². The largest absolute Gasteiger partial charge is 0.416 e. The third kappa shape index (κ3) is 5.18. The van der Waals surface area contributed by atoms with Crippen molar-refractivity contribution in [3.63, 3.8) is 0 Å². The molecule has 180 valence electrons. The molecular weight excluding hydrogens is 473 g/mol. The fraction of sp³-hybridized carbons (Fsp3) is 0.348. The lowest BCUT2D eigenvalue weighted by Crippen LogP contribution is -2.48. The first-order chi connectivity index (χ1) is 16.1. The number of carbonyl (C=O) groups excluding carboxylic acids is 3. The van der Waals surface area contributed by atoms with Gasteiger partial charge in [0.1, 0.15) is 6.54 Å². The van der Waals surface area contributed by atoms with E-state index >= 15 is 0 Å². The van der Waals surface area contributed by atoms with E-state index in [4.69, 9.17) is 11.6 Å². The van der Waals surface area contributed by atoms with Gasteiger partial charge in [0.05, 0.1) is 28.5 Å². The number of likely N-dealkylation sites (tertiary alicyclic amines) is 1. The highest BCUT2D eigenvalue weighted by atomic mass is 35.5. The Bertz CT molecular complexity index is 1090. The van der Waals surface area contributed by atoms with E-state index in [-0.39, 0.29) is 41.8 Å². The number of hydrogen-bond donors (Lipinski definition) is 1. The highest BCUT2D eigenvalue weighted by molar-refractivity contribution is 6.33. The minimum Gasteiger partial charge on any atom is -0.324 e. The van der Waals surface area contributed by atoms with Gasteiger partial charge < -0.3 is 10.2 Å². The van der Waals surface area contributed by atoms with Crippen LogP contribution in [0.25, 0.3) is 0 Å². The fourth-order valence-electron chi connectivity index (χ4n) is 4.22. The van der Waals surface area contributed by atoms with Crippen molar-refractivity contribution in [2.24, 2.45) is 0 Å². The van der Waals surface area contributed by atoms with Crippen molar-refractivity contribution < 1.29 is 27.6 Å². The quantitative estimate of drug-likeness (QED) is 0.631. The van der Waals surface area contributed by atoms with Crippen molar-refractivity contribution in [2.45, 2.75) is 25.1 Å². The zero-order valence-electron chi connectivity index (χ0n) is 18.0. The van der Waals surface area contributed by atoms with Gasteiger partial charge in [0.2, 0.25) is 5.91 Å². The first-order valence-corrected chi connectivity index (χ1v) is 11.1. The molecule has 2 aromatic rings. The van der Waals surface area contributed by atoms with Gasteiger partial charge in [-0.15, -0.1) is 0 Å². The maximum atomic E-state index is 12.9. The monoisotopic (exact) mass is 494 g/mol. The highest BCUT2D eigenvalue weighted by Crippen LogP contribution is 2.34. The van der Waals surface area contributed by atoms with Crippen molar-refractivity contribution in [3.8, 4) is 0 Å². The molecule has 1 N–H and O–H groups in total. The molecule has 0 radical (unpaired) electrons. The number of benzene rings is 2. The third-order valence-corrected chi connectivity index (χ3v) is 6.27. The fourth-order valence-corrected chi connectivity index (χ4v) is 4.38. The zero-order chi connectivity index (χ0) is 24.5. The van der Waals surface area contributed by atoms with Crippen molar-refractivity contribution in [1.29, 1.82) is 0 Å². The standard InChI is InChI=1S/C23H22ClF3N4O3/c24-18-7-6-15(23(25,26)27)12-19(18)28-20(32)13-29-10-8-16(9-11-29)30-14-21(33)31(22(30)34)17-4-2-1-3-5-17/h1-7,12,16H,8-11,13-14H2,(H,28,32). The molecule has 7 nitrogen and oxygen atoms in total. The summed E-state index contributed by atoms with van der Waals surface area (Å²) in [4.78, 5) is 42.3. The number of carbonyl (C=O) groups is 3. The summed E-state index contributed by atoms with van der Waals surface area (Å²) in [6.45, 7) is 0.977. The van der Waals surface area contributed by atoms with E-state index in [2.05, 4.69) is 5.32 Å². The van der Waals surface area contributed by atoms with Crippen LogP contribution in [0.1, 0.15) is 18.4 Å². The lowest BCUT2D eigenvalue weighted by Gasteiger charge is -2.35. The summed E-state index contributed by atoms with van der Waals surface area (Å²) in [7, 11) is 0. The molecule has 34 heavy (non-hydrogen) atoms. The number of amides is 4. The molecule has 0 bridgehead atoms. The van der Waals surface area contributed by atoms with Crippen LogP contribution in [0.2, 0.25) is 5.02 Å². The predicted octanol–water partition coefficient (Wildman–Crippen LogP) is 4.23. The van der Waals surface area contributed by atoms with Crippen molar-refractivity contribution >= 4 is 40.8 Å². The van der Waals surface area contributed by atoms with Crippen LogP contribution in [0.15, 0.2) is 48.5 Å². The predicted molar refractivity (Wildman–Crippen MR) is 121 cm³/mol. The number of anilines is 2. The van der Waals surface area contributed by atoms with E-state index in [1.807, 2.05) is 4.90 Å². The van der Waals surface area contributed by atoms with E-state index in [9.17, 15) is 27.6 Å². The molecule has 0 aromatic heterocycles. The second kappa shape index (κ2) is 9.63. The average Bonchev–Trinajstić information content (AvgIpc) is 3.09. The number of hydrogen-bond acceptors (Lipinski definition) is 4. The van der Waals surface area contributed by atoms with E-state index in [1.54, 1.807) is 35.2 Å². The third-order valence-electron chi connectivity index (χ3n) is 5.94. The summed E-state index contributed by atoms with van der Waals surface area (Å²) in [5.41, 5.74) is -0.469. The molecule has 0 aliphatic carbocycles. The molecule has 0 saturated carbocycles. The number of halogens is 4. The van der Waals surface area contributed by atoms with Gasteiger partial charge in [0, 0.05) is 19.1 Å². The smallest absolute Gasteiger partial charge is 0.324 e. The van der Waals surface area contributed by atoms with Gasteiger partial charge in [-0.2, -0.15) is 13.2 Å². The van der Waals surface area contributed by atoms with Crippen LogP contribution in [-0.2, 0) is 15.8 Å². The van der Waals surface area contributed by atoms with Gasteiger partial charge in [-0.05, 0) is 43.2 Å². The number of para-hydroxylation sites is 1. The SMILES string of the molecule is O=C(CN1CCC(N2CC(=O)N(c3ccccc3)C2=O)CC1)Nc1cc(C(F)(F)F)ccc1Cl. The lowest BCUT2D eigenvalue weighted by molar-refractivity contribution is -0.137. The molecule has 2 fully saturated rings. The number of imide groups is 1. The van der Waals surface area contributed by atoms with Gasteiger partial charge in [-0.3, -0.25) is 14.5 Å². The number of nitrogens with one attached hydrogen (secondary N) is 1. The maximum absolute atomic E-state index is 12.9. The van der Waals surface area contributed by atoms with Crippen molar-refractivity contribution in [3.05, 3.63) is 59.1 Å². The van der Waals surface area contributed by atoms with E-state index in [0.29, 0.717) is 31.6 Å². The first-order valence-electron chi connectivity index (χ1n) is 10.7. The Morgan fingerprint density at radius 3 is 2.38 bits per heavy atom. The molecule has 2 saturated heterocycles. The summed E-state index contributed by atoms with van der Waals surface area (Å²) in [6.07, 6.45) is -3.41. The van der Waals surface area contributed by atoms with Crippen LogP contribution in [0, 0.1) is 0 Å². The van der Waals surface area contributed by atoms with E-state index in [1.165, 1.54) is 4.90 Å². The van der Waals surface area contributed by atoms with Gasteiger partial charge >= 0.3 is 12.2 Å². The molecule has 0 atom stereocenters. The molecule has 2 aliphatic heterocycles. The number of urea groups is 1. The lowest BCUT2D eigenvalue weighted by atomic mass is 10.0. The molecule has 2 aromatic carbocycles. The van der Waals surface area contributed by atoms with Crippen LogP contribution < -0.4 is 10.2 Å². The molecule has 4 rings (SSSR count). The molecule has 4 amide bonds. The summed E-state index contributed by atoms with van der Waals surface area (Å²) in [6, 6.07) is 11.0. The Hall–Kier alpha value is -3.11. The molecular formula is C23H22ClF3N4O3. The maximum Gasteiger partial charge on any atom is 0.416 e. The van der Waals surface area contributed by atoms with Gasteiger partial charge in [0.25, 0.3) is 5.91 Å². The minimum atomic E-state index is -4.55. The van der Waals surface area contributed by atoms with Crippen LogP contribution in [-0.4, -0.2) is 59.9 Å². The molecule has 2 heterocycles. The second-order valence-electron chi connectivity index (χ2n) is 8.22. The Morgan fingerprint density at radius 1 is 1.06 bits per heavy atom. The molecule has 11 heteroatoms. The summed E-state index contributed by atoms with van der Waals surface area (Å²) in [5, 5.41) is 2.46. The number of alkyl halides is 3. The first kappa shape index (κ1) is 24.0. The summed E-state index contributed by atoms with van der Waals surface area (Å²) < 4.78 is 38.8. The Balaban J connectivity index is 1.31. The average molecular weight is 495 g/mol. The second-order valence-corrected chi connectivity index (χ2v) is 8.63. The number of nitrogens with zero attached hydrogens (tertiary/aromatic N) is 3. The van der Waals surface area contributed by atoms with Gasteiger partial charge in [0.15, 0.2) is 0 Å². The topological polar surface area (TPSA) is 73.0 Å². The van der Waals surface area contributed by atoms with E-state index in [0.717, 1.165) is 18.2 Å². The van der Waals surface area contributed by atoms with Gasteiger partial charge in [-0.25, -0.2) is 9.69 Å². The summed E-state index contributed by atoms with van der Waals surface area (Å²) >= 11 is 5.94. The van der Waals surface area contributed by atoms with Gasteiger partial charge in [-0.1, -0.05) is 29.8 Å². The Kier molecular flexibility index (Phi) is 6.81. The number of rotatable bonds is 5. The summed E-state index contributed by atoms with van der Waals surface area (Å²) in [5.74, 6) is -0.765. The molecule has 0 unspecified atom stereocenters. The van der Waals surface area contributed by atoms with Crippen molar-refractivity contribution in [2.75, 3.05) is 36.4 Å². The normalized spacial score (nSPS) is 18.0. The molecule has 2 aliphatic rings. The minimum absolute atomic E-state index is 0.00687. The molecule has 0 spiro atoms. The zero-order valence-corrected chi connectivity index (χ0v) is 18.8.